The summed E-state index contributed by atoms with van der Waals surface area (Å²) < 4.78 is 0. The van der Waals surface area contributed by atoms with Crippen LogP contribution in [0.1, 0.15) is 16.7 Å². The van der Waals surface area contributed by atoms with E-state index in [0.29, 0.717) is 6.54 Å². The number of hydrogen-bond acceptors (Lipinski definition) is 2. The highest BCUT2D eigenvalue weighted by molar-refractivity contribution is 7.98. The monoisotopic (exact) mass is 243 g/mol. The molecule has 2 aromatic carbocycles. The molecule has 0 amide bonds. The second kappa shape index (κ2) is 5.89. The van der Waals surface area contributed by atoms with Gasteiger partial charge in [-0.1, -0.05) is 36.4 Å². The SMILES string of the molecule is Cc1cc(SCc2ccccc2)ccc1CN. The van der Waals surface area contributed by atoms with Gasteiger partial charge < -0.3 is 5.73 Å². The van der Waals surface area contributed by atoms with Crippen LogP contribution in [0.15, 0.2) is 53.4 Å². The van der Waals surface area contributed by atoms with Crippen LogP contribution in [0.5, 0.6) is 0 Å². The van der Waals surface area contributed by atoms with Crippen molar-refractivity contribution < 1.29 is 0 Å². The minimum Gasteiger partial charge on any atom is -0.326 e. The summed E-state index contributed by atoms with van der Waals surface area (Å²) in [5.74, 6) is 1.02. The molecule has 0 saturated carbocycles. The number of hydrogen-bond donors (Lipinski definition) is 1. The quantitative estimate of drug-likeness (QED) is 0.828. The Balaban J connectivity index is 2.02. The first-order valence-electron chi connectivity index (χ1n) is 5.76. The van der Waals surface area contributed by atoms with Gasteiger partial charge in [-0.3, -0.25) is 0 Å². The summed E-state index contributed by atoms with van der Waals surface area (Å²) in [6, 6.07) is 17.0. The molecule has 0 aliphatic heterocycles. The van der Waals surface area contributed by atoms with Gasteiger partial charge in [0.1, 0.15) is 0 Å². The van der Waals surface area contributed by atoms with Crippen molar-refractivity contribution in [3.63, 3.8) is 0 Å². The second-order valence-corrected chi connectivity index (χ2v) is 5.12. The maximum Gasteiger partial charge on any atom is 0.0231 e. The summed E-state index contributed by atoms with van der Waals surface area (Å²) in [5.41, 5.74) is 9.53. The van der Waals surface area contributed by atoms with E-state index in [2.05, 4.69) is 49.4 Å². The normalized spacial score (nSPS) is 10.5. The summed E-state index contributed by atoms with van der Waals surface area (Å²) in [7, 11) is 0. The van der Waals surface area contributed by atoms with E-state index in [0.717, 1.165) is 5.75 Å². The fraction of sp³-hybridized carbons (Fsp3) is 0.200. The van der Waals surface area contributed by atoms with E-state index in [4.69, 9.17) is 5.73 Å². The van der Waals surface area contributed by atoms with Gasteiger partial charge in [-0.25, -0.2) is 0 Å². The van der Waals surface area contributed by atoms with Gasteiger partial charge in [-0.2, -0.15) is 0 Å². The van der Waals surface area contributed by atoms with Crippen LogP contribution in [-0.4, -0.2) is 0 Å². The molecule has 0 aliphatic rings. The summed E-state index contributed by atoms with van der Waals surface area (Å²) in [4.78, 5) is 1.31. The standard InChI is InChI=1S/C15H17NS/c1-12-9-15(8-7-14(12)10-16)17-11-13-5-3-2-4-6-13/h2-9H,10-11,16H2,1H3. The first kappa shape index (κ1) is 12.2. The third-order valence-corrected chi connectivity index (χ3v) is 3.85. The van der Waals surface area contributed by atoms with Gasteiger partial charge in [0, 0.05) is 17.2 Å². The molecule has 2 aromatic rings. The van der Waals surface area contributed by atoms with Crippen LogP contribution < -0.4 is 5.73 Å². The van der Waals surface area contributed by atoms with E-state index in [1.807, 2.05) is 17.8 Å². The Kier molecular flexibility index (Phi) is 4.24. The Hall–Kier alpha value is -1.25. The molecule has 0 atom stereocenters. The molecule has 0 bridgehead atoms. The largest absolute Gasteiger partial charge is 0.326 e. The summed E-state index contributed by atoms with van der Waals surface area (Å²) >= 11 is 1.87. The van der Waals surface area contributed by atoms with E-state index < -0.39 is 0 Å². The lowest BCUT2D eigenvalue weighted by molar-refractivity contribution is 1.04. The van der Waals surface area contributed by atoms with Gasteiger partial charge in [-0.05, 0) is 35.7 Å². The molecule has 0 saturated heterocycles. The van der Waals surface area contributed by atoms with Gasteiger partial charge in [0.2, 0.25) is 0 Å². The third kappa shape index (κ3) is 3.35. The number of benzene rings is 2. The second-order valence-electron chi connectivity index (χ2n) is 4.07. The molecule has 2 heteroatoms. The molecule has 0 unspecified atom stereocenters. The number of thioether (sulfide) groups is 1. The molecule has 0 fully saturated rings. The van der Waals surface area contributed by atoms with Gasteiger partial charge in [-0.15, -0.1) is 11.8 Å². The van der Waals surface area contributed by atoms with Gasteiger partial charge in [0.05, 0.1) is 0 Å². The third-order valence-electron chi connectivity index (χ3n) is 2.78. The Morgan fingerprint density at radius 3 is 2.47 bits per heavy atom. The van der Waals surface area contributed by atoms with Gasteiger partial charge in [0.15, 0.2) is 0 Å². The van der Waals surface area contributed by atoms with E-state index in [1.54, 1.807) is 0 Å². The fourth-order valence-electron chi connectivity index (χ4n) is 1.73. The molecule has 0 aromatic heterocycles. The van der Waals surface area contributed by atoms with Crippen LogP contribution in [0.25, 0.3) is 0 Å². The fourth-order valence-corrected chi connectivity index (χ4v) is 2.68. The van der Waals surface area contributed by atoms with Crippen molar-refractivity contribution in [3.05, 3.63) is 65.2 Å². The van der Waals surface area contributed by atoms with Crippen molar-refractivity contribution in [2.45, 2.75) is 24.1 Å². The number of rotatable bonds is 4. The highest BCUT2D eigenvalue weighted by Gasteiger charge is 2.00. The highest BCUT2D eigenvalue weighted by Crippen LogP contribution is 2.24. The molecule has 1 nitrogen and oxygen atoms in total. The van der Waals surface area contributed by atoms with Crippen LogP contribution in [-0.2, 0) is 12.3 Å². The van der Waals surface area contributed by atoms with E-state index in [-0.39, 0.29) is 0 Å². The molecular weight excluding hydrogens is 226 g/mol. The minimum absolute atomic E-state index is 0.621. The number of aryl methyl sites for hydroxylation is 1. The summed E-state index contributed by atoms with van der Waals surface area (Å²) in [6.45, 7) is 2.74. The zero-order chi connectivity index (χ0) is 12.1. The molecule has 0 heterocycles. The van der Waals surface area contributed by atoms with Crippen molar-refractivity contribution in [1.29, 1.82) is 0 Å². The first-order valence-corrected chi connectivity index (χ1v) is 6.74. The molecule has 17 heavy (non-hydrogen) atoms. The number of nitrogens with two attached hydrogens (primary N) is 1. The average molecular weight is 243 g/mol. The van der Waals surface area contributed by atoms with E-state index >= 15 is 0 Å². The lowest BCUT2D eigenvalue weighted by Gasteiger charge is -2.06. The molecule has 2 rings (SSSR count). The van der Waals surface area contributed by atoms with Crippen LogP contribution in [0, 0.1) is 6.92 Å². The van der Waals surface area contributed by atoms with Gasteiger partial charge in [0.25, 0.3) is 0 Å². The van der Waals surface area contributed by atoms with Crippen LogP contribution >= 0.6 is 11.8 Å². The zero-order valence-electron chi connectivity index (χ0n) is 10.0. The van der Waals surface area contributed by atoms with Crippen molar-refractivity contribution in [3.8, 4) is 0 Å². The minimum atomic E-state index is 0.621. The molecule has 2 N–H and O–H groups in total. The van der Waals surface area contributed by atoms with Crippen molar-refractivity contribution in [2.24, 2.45) is 5.73 Å². The van der Waals surface area contributed by atoms with Crippen molar-refractivity contribution >= 4 is 11.8 Å². The Morgan fingerprint density at radius 2 is 1.82 bits per heavy atom. The predicted molar refractivity (Wildman–Crippen MR) is 75.1 cm³/mol. The van der Waals surface area contributed by atoms with Crippen LogP contribution in [0.3, 0.4) is 0 Å². The molecule has 0 spiro atoms. The lowest BCUT2D eigenvalue weighted by atomic mass is 10.1. The Labute approximate surface area is 107 Å². The summed E-state index contributed by atoms with van der Waals surface area (Å²) in [5, 5.41) is 0. The highest BCUT2D eigenvalue weighted by atomic mass is 32.2. The maximum atomic E-state index is 5.66. The van der Waals surface area contributed by atoms with Crippen LogP contribution in [0.4, 0.5) is 0 Å². The smallest absolute Gasteiger partial charge is 0.0231 e. The first-order chi connectivity index (χ1) is 8.29. The van der Waals surface area contributed by atoms with Gasteiger partial charge >= 0.3 is 0 Å². The predicted octanol–water partition coefficient (Wildman–Crippen LogP) is 3.75. The molecule has 0 aliphatic carbocycles. The average Bonchev–Trinajstić information content (AvgIpc) is 2.38. The topological polar surface area (TPSA) is 26.0 Å². The maximum absolute atomic E-state index is 5.66. The van der Waals surface area contributed by atoms with E-state index in [9.17, 15) is 0 Å². The molecular formula is C15H17NS. The van der Waals surface area contributed by atoms with Crippen LogP contribution in [0.2, 0.25) is 0 Å². The summed E-state index contributed by atoms with van der Waals surface area (Å²) in [6.07, 6.45) is 0. The van der Waals surface area contributed by atoms with Crippen molar-refractivity contribution in [1.82, 2.24) is 0 Å². The van der Waals surface area contributed by atoms with Crippen molar-refractivity contribution in [2.75, 3.05) is 0 Å². The lowest BCUT2D eigenvalue weighted by Crippen LogP contribution is -1.98. The molecule has 88 valence electrons. The Morgan fingerprint density at radius 1 is 1.06 bits per heavy atom. The molecule has 0 radical (unpaired) electrons. The Bertz CT molecular complexity index is 480. The zero-order valence-corrected chi connectivity index (χ0v) is 10.8. The van der Waals surface area contributed by atoms with E-state index in [1.165, 1.54) is 21.6 Å².